The molecule has 3 aromatic rings. The minimum Gasteiger partial charge on any atom is -0.296 e. The molecule has 4 rings (SSSR count). The second-order valence-electron chi connectivity index (χ2n) is 9.09. The fraction of sp³-hybridized carbons (Fsp3) is 0.400. The van der Waals surface area contributed by atoms with Crippen LogP contribution in [0.3, 0.4) is 0 Å². The van der Waals surface area contributed by atoms with Crippen molar-refractivity contribution in [1.82, 2.24) is 19.7 Å². The Hall–Kier alpha value is -2.44. The molecular weight excluding hydrogens is 404 g/mol. The molecule has 6 heteroatoms. The summed E-state index contributed by atoms with van der Waals surface area (Å²) in [7, 11) is 0. The van der Waals surface area contributed by atoms with Gasteiger partial charge in [0.2, 0.25) is 0 Å². The molecule has 1 fully saturated rings. The molecule has 2 heterocycles. The Kier molecular flexibility index (Phi) is 6.58. The highest BCUT2D eigenvalue weighted by molar-refractivity contribution is 7.99. The van der Waals surface area contributed by atoms with Crippen LogP contribution in [0, 0.1) is 0 Å². The summed E-state index contributed by atoms with van der Waals surface area (Å²) in [5, 5.41) is 9.69. The number of Topliss-reactive ketones (excluding diaryl/α,β-unsaturated/α-hetero) is 1. The van der Waals surface area contributed by atoms with Gasteiger partial charge in [-0.25, -0.2) is 0 Å². The van der Waals surface area contributed by atoms with Crippen LogP contribution in [0.1, 0.15) is 55.4 Å². The molecular formula is C25H30N4OS. The SMILES string of the molecule is CC(C)(C)c1ccc(C(=O)CSc2nnc(CN3CCCC3)n2-c2ccccc2)cc1. The summed E-state index contributed by atoms with van der Waals surface area (Å²) in [4.78, 5) is 15.2. The van der Waals surface area contributed by atoms with Crippen LogP contribution in [0.15, 0.2) is 59.8 Å². The van der Waals surface area contributed by atoms with Gasteiger partial charge >= 0.3 is 0 Å². The van der Waals surface area contributed by atoms with Crippen LogP contribution in [-0.4, -0.2) is 44.3 Å². The van der Waals surface area contributed by atoms with Gasteiger partial charge in [-0.3, -0.25) is 14.3 Å². The van der Waals surface area contributed by atoms with Crippen LogP contribution in [0.2, 0.25) is 0 Å². The molecule has 0 bridgehead atoms. The number of thioether (sulfide) groups is 1. The Morgan fingerprint density at radius 3 is 2.29 bits per heavy atom. The zero-order valence-corrected chi connectivity index (χ0v) is 19.4. The molecule has 0 spiro atoms. The van der Waals surface area contributed by atoms with E-state index in [1.807, 2.05) is 30.3 Å². The standard InChI is InChI=1S/C25H30N4OS/c1-25(2,3)20-13-11-19(12-14-20)22(30)18-31-24-27-26-23(17-28-15-7-8-16-28)29(24)21-9-5-4-6-10-21/h4-6,9-14H,7-8,15-18H2,1-3H3. The molecule has 1 aromatic heterocycles. The molecule has 1 aliphatic rings. The van der Waals surface area contributed by atoms with Crippen molar-refractivity contribution in [2.24, 2.45) is 0 Å². The molecule has 2 aromatic carbocycles. The topological polar surface area (TPSA) is 51.0 Å². The lowest BCUT2D eigenvalue weighted by Gasteiger charge is -2.19. The minimum atomic E-state index is 0.0776. The van der Waals surface area contributed by atoms with E-state index in [-0.39, 0.29) is 11.2 Å². The summed E-state index contributed by atoms with van der Waals surface area (Å²) in [6.45, 7) is 9.52. The molecule has 162 valence electrons. The summed E-state index contributed by atoms with van der Waals surface area (Å²) < 4.78 is 2.10. The third kappa shape index (κ3) is 5.25. The summed E-state index contributed by atoms with van der Waals surface area (Å²) in [5.74, 6) is 1.37. The number of likely N-dealkylation sites (tertiary alicyclic amines) is 1. The molecule has 5 nitrogen and oxygen atoms in total. The van der Waals surface area contributed by atoms with Crippen LogP contribution in [0.25, 0.3) is 5.69 Å². The predicted molar refractivity (Wildman–Crippen MR) is 126 cm³/mol. The molecule has 1 aliphatic heterocycles. The Bertz CT molecular complexity index is 1020. The Morgan fingerprint density at radius 1 is 0.968 bits per heavy atom. The number of carbonyl (C=O) groups excluding carboxylic acids is 1. The molecule has 0 N–H and O–H groups in total. The van der Waals surface area contributed by atoms with E-state index in [1.165, 1.54) is 30.2 Å². The first-order chi connectivity index (χ1) is 14.9. The van der Waals surface area contributed by atoms with Crippen molar-refractivity contribution in [3.63, 3.8) is 0 Å². The second-order valence-corrected chi connectivity index (χ2v) is 10.0. The predicted octanol–water partition coefficient (Wildman–Crippen LogP) is 5.14. The van der Waals surface area contributed by atoms with Crippen molar-refractivity contribution in [3.8, 4) is 5.69 Å². The zero-order valence-electron chi connectivity index (χ0n) is 18.5. The van der Waals surface area contributed by atoms with E-state index in [0.29, 0.717) is 5.75 Å². The van der Waals surface area contributed by atoms with Gasteiger partial charge in [0.25, 0.3) is 0 Å². The minimum absolute atomic E-state index is 0.0776. The van der Waals surface area contributed by atoms with Crippen molar-refractivity contribution in [2.45, 2.75) is 50.7 Å². The number of para-hydroxylation sites is 1. The number of benzene rings is 2. The molecule has 0 unspecified atom stereocenters. The monoisotopic (exact) mass is 434 g/mol. The highest BCUT2D eigenvalue weighted by atomic mass is 32.2. The first-order valence-corrected chi connectivity index (χ1v) is 11.9. The number of carbonyl (C=O) groups is 1. The van der Waals surface area contributed by atoms with E-state index in [0.717, 1.165) is 41.9 Å². The lowest BCUT2D eigenvalue weighted by Crippen LogP contribution is -2.21. The molecule has 1 saturated heterocycles. The summed E-state index contributed by atoms with van der Waals surface area (Å²) >= 11 is 1.45. The molecule has 0 saturated carbocycles. The maximum Gasteiger partial charge on any atom is 0.196 e. The number of aromatic nitrogens is 3. The average molecular weight is 435 g/mol. The fourth-order valence-corrected chi connectivity index (χ4v) is 4.71. The average Bonchev–Trinajstić information content (AvgIpc) is 3.42. The number of ketones is 1. The normalized spacial score (nSPS) is 14.8. The third-order valence-corrected chi connectivity index (χ3v) is 6.61. The van der Waals surface area contributed by atoms with Crippen molar-refractivity contribution in [2.75, 3.05) is 18.8 Å². The Morgan fingerprint density at radius 2 is 1.65 bits per heavy atom. The first kappa shape index (κ1) is 21.8. The van der Waals surface area contributed by atoms with E-state index < -0.39 is 0 Å². The van der Waals surface area contributed by atoms with E-state index in [9.17, 15) is 4.79 Å². The van der Waals surface area contributed by atoms with E-state index in [2.05, 4.69) is 64.7 Å². The third-order valence-electron chi connectivity index (χ3n) is 5.68. The number of hydrogen-bond donors (Lipinski definition) is 0. The van der Waals surface area contributed by atoms with Crippen LogP contribution in [-0.2, 0) is 12.0 Å². The van der Waals surface area contributed by atoms with Crippen molar-refractivity contribution < 1.29 is 4.79 Å². The van der Waals surface area contributed by atoms with Crippen molar-refractivity contribution >= 4 is 17.5 Å². The van der Waals surface area contributed by atoms with Crippen molar-refractivity contribution in [1.29, 1.82) is 0 Å². The van der Waals surface area contributed by atoms with Gasteiger partial charge in [-0.2, -0.15) is 0 Å². The van der Waals surface area contributed by atoms with Gasteiger partial charge in [0.15, 0.2) is 16.8 Å². The fourth-order valence-electron chi connectivity index (χ4n) is 3.84. The van der Waals surface area contributed by atoms with Gasteiger partial charge in [0.05, 0.1) is 12.3 Å². The molecule has 0 atom stereocenters. The number of rotatable bonds is 7. The van der Waals surface area contributed by atoms with Gasteiger partial charge in [-0.05, 0) is 49.0 Å². The maximum absolute atomic E-state index is 12.8. The molecule has 0 amide bonds. The second kappa shape index (κ2) is 9.37. The maximum atomic E-state index is 12.8. The molecule has 0 radical (unpaired) electrons. The van der Waals surface area contributed by atoms with E-state index in [1.54, 1.807) is 0 Å². The Balaban J connectivity index is 1.51. The highest BCUT2D eigenvalue weighted by Gasteiger charge is 2.20. The van der Waals surface area contributed by atoms with Gasteiger partial charge in [0, 0.05) is 11.3 Å². The zero-order chi connectivity index (χ0) is 21.8. The largest absolute Gasteiger partial charge is 0.296 e. The van der Waals surface area contributed by atoms with Gasteiger partial charge in [-0.1, -0.05) is 75.0 Å². The summed E-state index contributed by atoms with van der Waals surface area (Å²) in [6, 6.07) is 18.1. The van der Waals surface area contributed by atoms with Crippen LogP contribution < -0.4 is 0 Å². The van der Waals surface area contributed by atoms with Gasteiger partial charge in [-0.15, -0.1) is 10.2 Å². The quantitative estimate of drug-likeness (QED) is 0.381. The van der Waals surface area contributed by atoms with E-state index >= 15 is 0 Å². The lowest BCUT2D eigenvalue weighted by molar-refractivity contribution is 0.102. The summed E-state index contributed by atoms with van der Waals surface area (Å²) in [5.41, 5.74) is 3.08. The van der Waals surface area contributed by atoms with E-state index in [4.69, 9.17) is 0 Å². The first-order valence-electron chi connectivity index (χ1n) is 10.9. The van der Waals surface area contributed by atoms with Crippen LogP contribution in [0.5, 0.6) is 0 Å². The molecule has 31 heavy (non-hydrogen) atoms. The van der Waals surface area contributed by atoms with Gasteiger partial charge < -0.3 is 0 Å². The summed E-state index contributed by atoms with van der Waals surface area (Å²) in [6.07, 6.45) is 2.48. The number of nitrogens with zero attached hydrogens (tertiary/aromatic N) is 4. The number of hydrogen-bond acceptors (Lipinski definition) is 5. The van der Waals surface area contributed by atoms with Crippen molar-refractivity contribution in [3.05, 3.63) is 71.5 Å². The Labute approximate surface area is 188 Å². The smallest absolute Gasteiger partial charge is 0.196 e. The molecule has 0 aliphatic carbocycles. The van der Waals surface area contributed by atoms with Gasteiger partial charge in [0.1, 0.15) is 0 Å². The lowest BCUT2D eigenvalue weighted by atomic mass is 9.86. The van der Waals surface area contributed by atoms with Crippen LogP contribution in [0.4, 0.5) is 0 Å². The highest BCUT2D eigenvalue weighted by Crippen LogP contribution is 2.26. The van der Waals surface area contributed by atoms with Crippen LogP contribution >= 0.6 is 11.8 Å².